The quantitative estimate of drug-likeness (QED) is 0.531. The highest BCUT2D eigenvalue weighted by molar-refractivity contribution is 5.25. The van der Waals surface area contributed by atoms with Crippen LogP contribution in [0, 0.1) is 34.5 Å². The summed E-state index contributed by atoms with van der Waals surface area (Å²) >= 11 is 0. The maximum Gasteiger partial charge on any atom is 0.0641 e. The van der Waals surface area contributed by atoms with Gasteiger partial charge < -0.3 is 15.3 Å². The van der Waals surface area contributed by atoms with Crippen LogP contribution in [0.15, 0.2) is 11.6 Å². The standard InChI is InChI=1S/C26H44O3/c1-24(29,15-16-27)12-4-5-18-7-9-22-21-8-6-19-17-20(28)10-13-26(19,3)23(21)11-14-25(18,22)2/h6,18,20-23,27-29H,4-5,7-17H2,1-3H3/t18-,20?,21?,22?,23?,24?,25?,26?/m0/s1. The molecule has 0 radical (unpaired) electrons. The van der Waals surface area contributed by atoms with Crippen LogP contribution in [0.3, 0.4) is 0 Å². The van der Waals surface area contributed by atoms with E-state index < -0.39 is 5.60 Å². The number of fused-ring (bicyclic) bond motifs is 5. The van der Waals surface area contributed by atoms with Crippen LogP contribution in [0.1, 0.15) is 97.8 Å². The third-order valence-electron chi connectivity index (χ3n) is 10.2. The van der Waals surface area contributed by atoms with E-state index in [1.54, 1.807) is 5.57 Å². The van der Waals surface area contributed by atoms with E-state index in [2.05, 4.69) is 19.9 Å². The third-order valence-corrected chi connectivity index (χ3v) is 10.2. The molecule has 0 aromatic rings. The smallest absolute Gasteiger partial charge is 0.0641 e. The molecule has 7 unspecified atom stereocenters. The van der Waals surface area contributed by atoms with Crippen LogP contribution in [0.25, 0.3) is 0 Å². The molecule has 8 atom stereocenters. The van der Waals surface area contributed by atoms with Gasteiger partial charge in [0.2, 0.25) is 0 Å². The Labute approximate surface area is 178 Å². The van der Waals surface area contributed by atoms with Gasteiger partial charge >= 0.3 is 0 Å². The second-order valence-electron chi connectivity index (χ2n) is 11.8. The molecule has 3 heteroatoms. The van der Waals surface area contributed by atoms with E-state index in [0.29, 0.717) is 17.3 Å². The van der Waals surface area contributed by atoms with Crippen molar-refractivity contribution in [2.45, 2.75) is 110 Å². The van der Waals surface area contributed by atoms with Gasteiger partial charge in [0.05, 0.1) is 11.7 Å². The largest absolute Gasteiger partial charge is 0.396 e. The van der Waals surface area contributed by atoms with Crippen molar-refractivity contribution in [2.75, 3.05) is 6.61 Å². The number of aliphatic hydroxyl groups excluding tert-OH is 2. The number of allylic oxidation sites excluding steroid dienone is 1. The lowest BCUT2D eigenvalue weighted by Gasteiger charge is -2.58. The zero-order valence-electron chi connectivity index (χ0n) is 19.0. The molecule has 4 aliphatic carbocycles. The van der Waals surface area contributed by atoms with Crippen molar-refractivity contribution < 1.29 is 15.3 Å². The maximum atomic E-state index is 10.4. The van der Waals surface area contributed by atoms with Gasteiger partial charge in [0.15, 0.2) is 0 Å². The summed E-state index contributed by atoms with van der Waals surface area (Å²) < 4.78 is 0. The first-order valence-corrected chi connectivity index (χ1v) is 12.4. The Morgan fingerprint density at radius 2 is 1.86 bits per heavy atom. The minimum absolute atomic E-state index is 0.0740. The fraction of sp³-hybridized carbons (Fsp3) is 0.923. The van der Waals surface area contributed by atoms with Crippen molar-refractivity contribution in [1.29, 1.82) is 0 Å². The molecule has 0 heterocycles. The monoisotopic (exact) mass is 404 g/mol. The Balaban J connectivity index is 1.43. The van der Waals surface area contributed by atoms with Gasteiger partial charge in [0.1, 0.15) is 0 Å². The summed E-state index contributed by atoms with van der Waals surface area (Å²) in [6.45, 7) is 7.05. The van der Waals surface area contributed by atoms with Crippen molar-refractivity contribution in [1.82, 2.24) is 0 Å². The highest BCUT2D eigenvalue weighted by Gasteiger charge is 2.58. The van der Waals surface area contributed by atoms with Crippen LogP contribution >= 0.6 is 0 Å². The van der Waals surface area contributed by atoms with E-state index in [0.717, 1.165) is 49.4 Å². The lowest BCUT2D eigenvalue weighted by molar-refractivity contribution is -0.0518. The lowest BCUT2D eigenvalue weighted by Crippen LogP contribution is -2.50. The highest BCUT2D eigenvalue weighted by Crippen LogP contribution is 2.66. The van der Waals surface area contributed by atoms with Crippen LogP contribution in [-0.4, -0.2) is 33.6 Å². The highest BCUT2D eigenvalue weighted by atomic mass is 16.3. The molecule has 4 rings (SSSR count). The minimum atomic E-state index is -0.712. The summed E-state index contributed by atoms with van der Waals surface area (Å²) in [5, 5.41) is 29.8. The minimum Gasteiger partial charge on any atom is -0.396 e. The zero-order valence-corrected chi connectivity index (χ0v) is 19.0. The Hall–Kier alpha value is -0.380. The van der Waals surface area contributed by atoms with Gasteiger partial charge in [-0.3, -0.25) is 0 Å². The molecule has 0 saturated heterocycles. The van der Waals surface area contributed by atoms with Crippen LogP contribution in [0.2, 0.25) is 0 Å². The second kappa shape index (κ2) is 7.95. The van der Waals surface area contributed by atoms with Gasteiger partial charge in [-0.2, -0.15) is 0 Å². The molecule has 0 bridgehead atoms. The first-order chi connectivity index (χ1) is 13.7. The van der Waals surface area contributed by atoms with Crippen LogP contribution in [0.5, 0.6) is 0 Å². The van der Waals surface area contributed by atoms with E-state index >= 15 is 0 Å². The van der Waals surface area contributed by atoms with Crippen molar-refractivity contribution in [3.05, 3.63) is 11.6 Å². The Morgan fingerprint density at radius 3 is 2.62 bits per heavy atom. The third kappa shape index (κ3) is 3.85. The van der Waals surface area contributed by atoms with Crippen molar-refractivity contribution in [3.63, 3.8) is 0 Å². The molecule has 3 saturated carbocycles. The number of hydrogen-bond donors (Lipinski definition) is 3. The van der Waals surface area contributed by atoms with Gasteiger partial charge in [-0.05, 0) is 112 Å². The average Bonchev–Trinajstić information content (AvgIpc) is 2.99. The van der Waals surface area contributed by atoms with Gasteiger partial charge in [0, 0.05) is 6.61 Å². The van der Waals surface area contributed by atoms with Gasteiger partial charge in [-0.25, -0.2) is 0 Å². The van der Waals surface area contributed by atoms with Crippen LogP contribution < -0.4 is 0 Å². The predicted molar refractivity (Wildman–Crippen MR) is 117 cm³/mol. The molecular weight excluding hydrogens is 360 g/mol. The van der Waals surface area contributed by atoms with E-state index in [-0.39, 0.29) is 12.7 Å². The Morgan fingerprint density at radius 1 is 1.07 bits per heavy atom. The maximum absolute atomic E-state index is 10.4. The Kier molecular flexibility index (Phi) is 5.99. The predicted octanol–water partition coefficient (Wildman–Crippen LogP) is 5.23. The number of rotatable bonds is 6. The fourth-order valence-corrected chi connectivity index (χ4v) is 8.32. The first-order valence-electron chi connectivity index (χ1n) is 12.4. The molecule has 4 aliphatic rings. The first kappa shape index (κ1) is 21.8. The van der Waals surface area contributed by atoms with E-state index in [1.807, 2.05) is 6.92 Å². The van der Waals surface area contributed by atoms with E-state index in [4.69, 9.17) is 5.11 Å². The molecule has 3 N–H and O–H groups in total. The topological polar surface area (TPSA) is 60.7 Å². The molecule has 0 aliphatic heterocycles. The van der Waals surface area contributed by atoms with Gasteiger partial charge in [0.25, 0.3) is 0 Å². The van der Waals surface area contributed by atoms with Crippen LogP contribution in [-0.2, 0) is 0 Å². The lowest BCUT2D eigenvalue weighted by atomic mass is 9.47. The molecule has 0 aromatic carbocycles. The number of hydrogen-bond acceptors (Lipinski definition) is 3. The molecule has 0 amide bonds. The summed E-state index contributed by atoms with van der Waals surface area (Å²) in [6, 6.07) is 0. The SMILES string of the molecule is CC(O)(CCO)CCC[C@H]1CCC2C3CC=C4CC(O)CCC4(C)C3CCC21C. The molecule has 166 valence electrons. The fourth-order valence-electron chi connectivity index (χ4n) is 8.32. The van der Waals surface area contributed by atoms with E-state index in [1.165, 1.54) is 44.9 Å². The van der Waals surface area contributed by atoms with Crippen molar-refractivity contribution in [2.24, 2.45) is 34.5 Å². The van der Waals surface area contributed by atoms with Crippen LogP contribution in [0.4, 0.5) is 0 Å². The summed E-state index contributed by atoms with van der Waals surface area (Å²) in [6.07, 6.45) is 15.8. The van der Waals surface area contributed by atoms with Gasteiger partial charge in [-0.15, -0.1) is 0 Å². The molecule has 0 aromatic heterocycles. The average molecular weight is 405 g/mol. The van der Waals surface area contributed by atoms with Crippen molar-refractivity contribution in [3.8, 4) is 0 Å². The Bertz CT molecular complexity index is 625. The normalized spacial score (nSPS) is 46.3. The summed E-state index contributed by atoms with van der Waals surface area (Å²) in [4.78, 5) is 0. The van der Waals surface area contributed by atoms with Crippen molar-refractivity contribution >= 4 is 0 Å². The van der Waals surface area contributed by atoms with E-state index in [9.17, 15) is 10.2 Å². The molecule has 29 heavy (non-hydrogen) atoms. The molecule has 0 spiro atoms. The number of aliphatic hydroxyl groups is 3. The second-order valence-corrected chi connectivity index (χ2v) is 11.8. The van der Waals surface area contributed by atoms with Gasteiger partial charge in [-0.1, -0.05) is 31.9 Å². The zero-order chi connectivity index (χ0) is 20.9. The molecule has 3 fully saturated rings. The summed E-state index contributed by atoms with van der Waals surface area (Å²) in [5.41, 5.74) is 1.67. The summed E-state index contributed by atoms with van der Waals surface area (Å²) in [7, 11) is 0. The molecule has 3 nitrogen and oxygen atoms in total. The molecular formula is C26H44O3. The summed E-state index contributed by atoms with van der Waals surface area (Å²) in [5.74, 6) is 3.30.